The molecule has 0 bridgehead atoms. The van der Waals surface area contributed by atoms with Crippen LogP contribution in [0.3, 0.4) is 0 Å². The number of phenolic OH excluding ortho intramolecular Hbond substituents is 1. The van der Waals surface area contributed by atoms with Gasteiger partial charge in [0, 0.05) is 36.2 Å². The van der Waals surface area contributed by atoms with Gasteiger partial charge in [-0.05, 0) is 23.8 Å². The Labute approximate surface area is 164 Å². The molecule has 0 aromatic heterocycles. The first-order valence-corrected chi connectivity index (χ1v) is 8.87. The fraction of sp³-hybridized carbons (Fsp3) is 0.158. The summed E-state index contributed by atoms with van der Waals surface area (Å²) in [5.74, 6) is 0.0527. The number of non-ortho nitro benzene ring substituents is 1. The second kappa shape index (κ2) is 7.06. The quantitative estimate of drug-likeness (QED) is 0.331. The topological polar surface area (TPSA) is 120 Å². The fourth-order valence-corrected chi connectivity index (χ4v) is 3.51. The number of anilines is 1. The van der Waals surface area contributed by atoms with Crippen molar-refractivity contribution < 1.29 is 15.1 Å². The maximum absolute atomic E-state index is 10.8. The molecule has 3 N–H and O–H groups in total. The standard InChI is InChI=1S/C19H15ClN4O4/c20-14-8-11(24(27)28)4-5-15(14)22-23-16-7-10-6-12(25)9-21-19(10)13-2-1-3-17(26)18(13)16/h1-5,7-8,12,21,25-26H,6,9H2. The number of benzene rings is 3. The van der Waals surface area contributed by atoms with Crippen LogP contribution in [-0.2, 0) is 6.42 Å². The van der Waals surface area contributed by atoms with Crippen LogP contribution < -0.4 is 5.32 Å². The minimum absolute atomic E-state index is 0.0527. The van der Waals surface area contributed by atoms with Crippen LogP contribution in [0.2, 0.25) is 5.02 Å². The minimum Gasteiger partial charge on any atom is -0.507 e. The maximum atomic E-state index is 10.8. The molecule has 3 aromatic rings. The average Bonchev–Trinajstić information content (AvgIpc) is 2.66. The number of nitro groups is 1. The van der Waals surface area contributed by atoms with E-state index in [-0.39, 0.29) is 22.1 Å². The van der Waals surface area contributed by atoms with Gasteiger partial charge in [-0.1, -0.05) is 23.7 Å². The molecule has 1 unspecified atom stereocenters. The van der Waals surface area contributed by atoms with Crippen molar-refractivity contribution >= 4 is 45.1 Å². The number of nitrogens with zero attached hydrogens (tertiary/aromatic N) is 3. The van der Waals surface area contributed by atoms with Gasteiger partial charge in [0.15, 0.2) is 0 Å². The van der Waals surface area contributed by atoms with Gasteiger partial charge >= 0.3 is 0 Å². The Morgan fingerprint density at radius 3 is 2.71 bits per heavy atom. The van der Waals surface area contributed by atoms with Gasteiger partial charge in [-0.3, -0.25) is 10.1 Å². The summed E-state index contributed by atoms with van der Waals surface area (Å²) in [5.41, 5.74) is 2.26. The fourth-order valence-electron chi connectivity index (χ4n) is 3.29. The molecule has 0 aliphatic carbocycles. The van der Waals surface area contributed by atoms with E-state index in [4.69, 9.17) is 11.6 Å². The van der Waals surface area contributed by atoms with Crippen LogP contribution in [0.25, 0.3) is 10.8 Å². The Bertz CT molecular complexity index is 1130. The zero-order chi connectivity index (χ0) is 19.8. The third kappa shape index (κ3) is 3.23. The highest BCUT2D eigenvalue weighted by Crippen LogP contribution is 2.42. The predicted octanol–water partition coefficient (Wildman–Crippen LogP) is 4.85. The molecule has 142 valence electrons. The van der Waals surface area contributed by atoms with E-state index in [1.165, 1.54) is 18.2 Å². The van der Waals surface area contributed by atoms with Gasteiger partial charge in [-0.15, -0.1) is 10.2 Å². The van der Waals surface area contributed by atoms with Crippen LogP contribution >= 0.6 is 11.6 Å². The molecule has 1 atom stereocenters. The Hall–Kier alpha value is -3.23. The molecule has 1 aliphatic rings. The molecule has 0 fully saturated rings. The molecule has 0 saturated carbocycles. The second-order valence-corrected chi connectivity index (χ2v) is 6.87. The molecule has 8 nitrogen and oxygen atoms in total. The highest BCUT2D eigenvalue weighted by molar-refractivity contribution is 6.33. The van der Waals surface area contributed by atoms with Crippen molar-refractivity contribution in [1.29, 1.82) is 0 Å². The van der Waals surface area contributed by atoms with E-state index < -0.39 is 11.0 Å². The lowest BCUT2D eigenvalue weighted by Gasteiger charge is -2.24. The van der Waals surface area contributed by atoms with Crippen molar-refractivity contribution in [3.8, 4) is 5.75 Å². The molecule has 0 saturated heterocycles. The predicted molar refractivity (Wildman–Crippen MR) is 106 cm³/mol. The third-order valence-corrected chi connectivity index (χ3v) is 4.88. The smallest absolute Gasteiger partial charge is 0.271 e. The molecular weight excluding hydrogens is 384 g/mol. The lowest BCUT2D eigenvalue weighted by Crippen LogP contribution is -2.27. The van der Waals surface area contributed by atoms with Crippen molar-refractivity contribution in [2.75, 3.05) is 11.9 Å². The number of azo groups is 1. The van der Waals surface area contributed by atoms with Crippen LogP contribution in [-0.4, -0.2) is 27.8 Å². The molecule has 3 aromatic carbocycles. The molecule has 0 amide bonds. The highest BCUT2D eigenvalue weighted by atomic mass is 35.5. The lowest BCUT2D eigenvalue weighted by atomic mass is 9.95. The summed E-state index contributed by atoms with van der Waals surface area (Å²) in [6.07, 6.45) is -0.0643. The molecule has 1 heterocycles. The Kier molecular flexibility index (Phi) is 4.58. The maximum Gasteiger partial charge on any atom is 0.271 e. The van der Waals surface area contributed by atoms with Crippen molar-refractivity contribution in [2.24, 2.45) is 10.2 Å². The number of aromatic hydroxyl groups is 1. The summed E-state index contributed by atoms with van der Waals surface area (Å²) in [5, 5.41) is 44.1. The molecule has 0 spiro atoms. The van der Waals surface area contributed by atoms with Crippen LogP contribution in [0.4, 0.5) is 22.7 Å². The van der Waals surface area contributed by atoms with E-state index in [0.29, 0.717) is 24.0 Å². The first-order chi connectivity index (χ1) is 13.4. The van der Waals surface area contributed by atoms with Gasteiger partial charge < -0.3 is 15.5 Å². The van der Waals surface area contributed by atoms with Gasteiger partial charge in [0.05, 0.1) is 27.1 Å². The Morgan fingerprint density at radius 1 is 1.18 bits per heavy atom. The molecule has 9 heteroatoms. The number of hydrogen-bond acceptors (Lipinski definition) is 7. The number of halogens is 1. The number of β-amino-alcohol motifs (C(OH)–C–C–N with tert-alkyl or cyclic N) is 1. The normalized spacial score (nSPS) is 16.1. The van der Waals surface area contributed by atoms with E-state index in [1.54, 1.807) is 18.2 Å². The first kappa shape index (κ1) is 18.1. The molecule has 4 rings (SSSR count). The number of hydrogen-bond donors (Lipinski definition) is 3. The largest absolute Gasteiger partial charge is 0.507 e. The zero-order valence-corrected chi connectivity index (χ0v) is 15.2. The van der Waals surface area contributed by atoms with Gasteiger partial charge in [0.2, 0.25) is 0 Å². The molecule has 0 radical (unpaired) electrons. The summed E-state index contributed by atoms with van der Waals surface area (Å²) in [4.78, 5) is 10.3. The van der Waals surface area contributed by atoms with Crippen molar-refractivity contribution in [2.45, 2.75) is 12.5 Å². The third-order valence-electron chi connectivity index (χ3n) is 4.58. The summed E-state index contributed by atoms with van der Waals surface area (Å²) >= 11 is 6.07. The van der Waals surface area contributed by atoms with E-state index in [2.05, 4.69) is 15.5 Å². The number of phenols is 1. The van der Waals surface area contributed by atoms with Crippen LogP contribution in [0, 0.1) is 10.1 Å². The van der Waals surface area contributed by atoms with Gasteiger partial charge in [-0.2, -0.15) is 0 Å². The average molecular weight is 399 g/mol. The second-order valence-electron chi connectivity index (χ2n) is 6.46. The van der Waals surface area contributed by atoms with E-state index >= 15 is 0 Å². The number of nitrogens with one attached hydrogen (secondary N) is 1. The van der Waals surface area contributed by atoms with Gasteiger partial charge in [-0.25, -0.2) is 0 Å². The Morgan fingerprint density at radius 2 is 1.96 bits per heavy atom. The summed E-state index contributed by atoms with van der Waals surface area (Å²) in [6, 6.07) is 10.8. The van der Waals surface area contributed by atoms with Crippen LogP contribution in [0.15, 0.2) is 52.7 Å². The minimum atomic E-state index is -0.542. The van der Waals surface area contributed by atoms with Crippen molar-refractivity contribution in [3.63, 3.8) is 0 Å². The number of nitro benzene ring substituents is 1. The zero-order valence-electron chi connectivity index (χ0n) is 14.5. The summed E-state index contributed by atoms with van der Waals surface area (Å²) in [6.45, 7) is 0.428. The number of fused-ring (bicyclic) bond motifs is 3. The van der Waals surface area contributed by atoms with Crippen molar-refractivity contribution in [3.05, 3.63) is 63.2 Å². The van der Waals surface area contributed by atoms with E-state index in [9.17, 15) is 20.3 Å². The molecular formula is C19H15ClN4O4. The van der Waals surface area contributed by atoms with Gasteiger partial charge in [0.1, 0.15) is 11.4 Å². The number of aliphatic hydroxyl groups is 1. The SMILES string of the molecule is O=[N+]([O-])c1ccc(N=Nc2cc3c(c4cccc(O)c24)NCC(O)C3)c(Cl)c1. The van der Waals surface area contributed by atoms with Crippen molar-refractivity contribution in [1.82, 2.24) is 0 Å². The summed E-state index contributed by atoms with van der Waals surface area (Å²) in [7, 11) is 0. The monoisotopic (exact) mass is 398 g/mol. The summed E-state index contributed by atoms with van der Waals surface area (Å²) < 4.78 is 0. The number of rotatable bonds is 3. The lowest BCUT2D eigenvalue weighted by molar-refractivity contribution is -0.384. The Balaban J connectivity index is 1.83. The highest BCUT2D eigenvalue weighted by Gasteiger charge is 2.21. The van der Waals surface area contributed by atoms with E-state index in [1.807, 2.05) is 6.07 Å². The van der Waals surface area contributed by atoms with E-state index in [0.717, 1.165) is 16.6 Å². The molecule has 1 aliphatic heterocycles. The number of aliphatic hydroxyl groups excluding tert-OH is 1. The van der Waals surface area contributed by atoms with Gasteiger partial charge in [0.25, 0.3) is 5.69 Å². The van der Waals surface area contributed by atoms with Crippen LogP contribution in [0.1, 0.15) is 5.56 Å². The van der Waals surface area contributed by atoms with Crippen LogP contribution in [0.5, 0.6) is 5.75 Å². The first-order valence-electron chi connectivity index (χ1n) is 8.49. The molecule has 28 heavy (non-hydrogen) atoms.